The number of benzene rings is 1. The topological polar surface area (TPSA) is 69.6 Å². The molecule has 0 saturated heterocycles. The standard InChI is InChI=1S/C15H19ClN2O3/c1-2-18(9-10-4-3-5-10)15(21)17-13-7-11(14(19)20)6-12(16)8-13/h6-8,10H,2-5,9H2,1H3,(H,17,21)(H,19,20). The normalized spacial score (nSPS) is 14.4. The first kappa shape index (κ1) is 15.6. The van der Waals surface area contributed by atoms with Gasteiger partial charge in [-0.3, -0.25) is 0 Å². The summed E-state index contributed by atoms with van der Waals surface area (Å²) in [5.41, 5.74) is 0.455. The van der Waals surface area contributed by atoms with Crippen molar-refractivity contribution >= 4 is 29.3 Å². The molecule has 1 saturated carbocycles. The molecule has 0 bridgehead atoms. The van der Waals surface area contributed by atoms with Crippen LogP contribution in [0.15, 0.2) is 18.2 Å². The number of carbonyl (C=O) groups is 2. The van der Waals surface area contributed by atoms with E-state index in [2.05, 4.69) is 5.32 Å². The number of halogens is 1. The van der Waals surface area contributed by atoms with Crippen LogP contribution in [-0.4, -0.2) is 35.1 Å². The third kappa shape index (κ3) is 4.11. The first-order valence-electron chi connectivity index (χ1n) is 7.09. The minimum atomic E-state index is -1.07. The molecule has 0 atom stereocenters. The summed E-state index contributed by atoms with van der Waals surface area (Å²) >= 11 is 5.88. The van der Waals surface area contributed by atoms with Gasteiger partial charge in [0.25, 0.3) is 0 Å². The van der Waals surface area contributed by atoms with Gasteiger partial charge in [-0.15, -0.1) is 0 Å². The van der Waals surface area contributed by atoms with E-state index in [0.29, 0.717) is 18.2 Å². The van der Waals surface area contributed by atoms with Gasteiger partial charge in [-0.2, -0.15) is 0 Å². The largest absolute Gasteiger partial charge is 0.478 e. The molecule has 2 amide bonds. The predicted molar refractivity (Wildman–Crippen MR) is 82.0 cm³/mol. The molecular weight excluding hydrogens is 292 g/mol. The highest BCUT2D eigenvalue weighted by Crippen LogP contribution is 2.27. The Bertz CT molecular complexity index is 544. The Labute approximate surface area is 128 Å². The van der Waals surface area contributed by atoms with Gasteiger partial charge in [0.05, 0.1) is 5.56 Å². The lowest BCUT2D eigenvalue weighted by Crippen LogP contribution is -2.39. The van der Waals surface area contributed by atoms with Crippen molar-refractivity contribution in [3.05, 3.63) is 28.8 Å². The highest BCUT2D eigenvalue weighted by molar-refractivity contribution is 6.31. The van der Waals surface area contributed by atoms with E-state index >= 15 is 0 Å². The molecule has 5 nitrogen and oxygen atoms in total. The summed E-state index contributed by atoms with van der Waals surface area (Å²) in [5, 5.41) is 12.0. The molecule has 0 aromatic heterocycles. The Morgan fingerprint density at radius 3 is 2.62 bits per heavy atom. The molecule has 0 unspecified atom stereocenters. The van der Waals surface area contributed by atoms with Crippen LogP contribution in [-0.2, 0) is 0 Å². The number of hydrogen-bond donors (Lipinski definition) is 2. The Balaban J connectivity index is 2.04. The molecule has 0 heterocycles. The summed E-state index contributed by atoms with van der Waals surface area (Å²) in [6, 6.07) is 4.08. The summed E-state index contributed by atoms with van der Waals surface area (Å²) in [6.45, 7) is 3.29. The van der Waals surface area contributed by atoms with Gasteiger partial charge in [0, 0.05) is 23.8 Å². The smallest absolute Gasteiger partial charge is 0.335 e. The van der Waals surface area contributed by atoms with Gasteiger partial charge in [-0.05, 0) is 43.9 Å². The van der Waals surface area contributed by atoms with E-state index in [1.54, 1.807) is 11.0 Å². The van der Waals surface area contributed by atoms with Crippen molar-refractivity contribution < 1.29 is 14.7 Å². The Hall–Kier alpha value is -1.75. The number of nitrogens with one attached hydrogen (secondary N) is 1. The number of aromatic carboxylic acids is 1. The van der Waals surface area contributed by atoms with Gasteiger partial charge < -0.3 is 15.3 Å². The second-order valence-corrected chi connectivity index (χ2v) is 5.74. The van der Waals surface area contributed by atoms with Gasteiger partial charge in [-0.1, -0.05) is 18.0 Å². The molecule has 0 spiro atoms. The Kier molecular flexibility index (Phi) is 5.07. The number of rotatable bonds is 5. The molecule has 2 rings (SSSR count). The van der Waals surface area contributed by atoms with Crippen LogP contribution in [0.3, 0.4) is 0 Å². The number of anilines is 1. The average molecular weight is 311 g/mol. The van der Waals surface area contributed by atoms with E-state index in [0.717, 1.165) is 6.54 Å². The fraction of sp³-hybridized carbons (Fsp3) is 0.467. The van der Waals surface area contributed by atoms with Crippen LogP contribution in [0.5, 0.6) is 0 Å². The van der Waals surface area contributed by atoms with Crippen LogP contribution in [0.1, 0.15) is 36.5 Å². The quantitative estimate of drug-likeness (QED) is 0.871. The zero-order valence-corrected chi connectivity index (χ0v) is 12.7. The van der Waals surface area contributed by atoms with E-state index < -0.39 is 5.97 Å². The van der Waals surface area contributed by atoms with Crippen molar-refractivity contribution in [2.75, 3.05) is 18.4 Å². The minimum absolute atomic E-state index is 0.0554. The average Bonchev–Trinajstić information content (AvgIpc) is 2.36. The van der Waals surface area contributed by atoms with Gasteiger partial charge in [0.15, 0.2) is 0 Å². The van der Waals surface area contributed by atoms with Crippen molar-refractivity contribution in [3.8, 4) is 0 Å². The van der Waals surface area contributed by atoms with Crippen molar-refractivity contribution in [1.29, 1.82) is 0 Å². The maximum atomic E-state index is 12.2. The number of urea groups is 1. The first-order chi connectivity index (χ1) is 9.99. The van der Waals surface area contributed by atoms with Crippen LogP contribution in [0.25, 0.3) is 0 Å². The summed E-state index contributed by atoms with van der Waals surface area (Å²) < 4.78 is 0. The fourth-order valence-corrected chi connectivity index (χ4v) is 2.57. The number of carboxylic acid groups (broad SMARTS) is 1. The lowest BCUT2D eigenvalue weighted by molar-refractivity contribution is 0.0697. The highest BCUT2D eigenvalue weighted by Gasteiger charge is 2.23. The van der Waals surface area contributed by atoms with Crippen molar-refractivity contribution in [1.82, 2.24) is 4.90 Å². The van der Waals surface area contributed by atoms with Gasteiger partial charge >= 0.3 is 12.0 Å². The van der Waals surface area contributed by atoms with E-state index in [4.69, 9.17) is 16.7 Å². The molecule has 1 aromatic rings. The van der Waals surface area contributed by atoms with Gasteiger partial charge in [-0.25, -0.2) is 9.59 Å². The molecule has 0 radical (unpaired) electrons. The Morgan fingerprint density at radius 2 is 2.10 bits per heavy atom. The van der Waals surface area contributed by atoms with E-state index in [1.807, 2.05) is 6.92 Å². The fourth-order valence-electron chi connectivity index (χ4n) is 2.33. The summed E-state index contributed by atoms with van der Waals surface area (Å²) in [4.78, 5) is 25.0. The maximum absolute atomic E-state index is 12.2. The molecule has 1 aromatic carbocycles. The second-order valence-electron chi connectivity index (χ2n) is 5.30. The Morgan fingerprint density at radius 1 is 1.38 bits per heavy atom. The molecule has 21 heavy (non-hydrogen) atoms. The van der Waals surface area contributed by atoms with Crippen molar-refractivity contribution in [2.24, 2.45) is 5.92 Å². The molecule has 0 aliphatic heterocycles. The zero-order valence-electron chi connectivity index (χ0n) is 11.9. The van der Waals surface area contributed by atoms with E-state index in [1.165, 1.54) is 31.4 Å². The number of nitrogens with zero attached hydrogens (tertiary/aromatic N) is 1. The van der Waals surface area contributed by atoms with E-state index in [9.17, 15) is 9.59 Å². The van der Waals surface area contributed by atoms with Gasteiger partial charge in [0.2, 0.25) is 0 Å². The molecule has 2 N–H and O–H groups in total. The van der Waals surface area contributed by atoms with Crippen molar-refractivity contribution in [2.45, 2.75) is 26.2 Å². The van der Waals surface area contributed by atoms with E-state index in [-0.39, 0.29) is 16.6 Å². The lowest BCUT2D eigenvalue weighted by Gasteiger charge is -2.31. The maximum Gasteiger partial charge on any atom is 0.335 e. The number of hydrogen-bond acceptors (Lipinski definition) is 2. The van der Waals surface area contributed by atoms with Crippen molar-refractivity contribution in [3.63, 3.8) is 0 Å². The summed E-state index contributed by atoms with van der Waals surface area (Å²) in [7, 11) is 0. The molecular formula is C15H19ClN2O3. The SMILES string of the molecule is CCN(CC1CCC1)C(=O)Nc1cc(Cl)cc(C(=O)O)c1. The predicted octanol–water partition coefficient (Wildman–Crippen LogP) is 3.69. The van der Waals surface area contributed by atoms with Crippen LogP contribution in [0.4, 0.5) is 10.5 Å². The first-order valence-corrected chi connectivity index (χ1v) is 7.47. The van der Waals surface area contributed by atoms with Crippen LogP contribution < -0.4 is 5.32 Å². The monoisotopic (exact) mass is 310 g/mol. The van der Waals surface area contributed by atoms with Gasteiger partial charge in [0.1, 0.15) is 0 Å². The summed E-state index contributed by atoms with van der Waals surface area (Å²) in [5.74, 6) is -0.487. The molecule has 114 valence electrons. The molecule has 1 aliphatic rings. The molecule has 1 fully saturated rings. The number of carboxylic acids is 1. The zero-order chi connectivity index (χ0) is 15.4. The second kappa shape index (κ2) is 6.80. The van der Waals surface area contributed by atoms with Crippen LogP contribution in [0, 0.1) is 5.92 Å². The summed E-state index contributed by atoms with van der Waals surface area (Å²) in [6.07, 6.45) is 3.58. The van der Waals surface area contributed by atoms with Crippen LogP contribution >= 0.6 is 11.6 Å². The van der Waals surface area contributed by atoms with Crippen LogP contribution in [0.2, 0.25) is 5.02 Å². The highest BCUT2D eigenvalue weighted by atomic mass is 35.5. The molecule has 6 heteroatoms. The lowest BCUT2D eigenvalue weighted by atomic mass is 9.85. The molecule has 1 aliphatic carbocycles. The third-order valence-corrected chi connectivity index (χ3v) is 3.99. The minimum Gasteiger partial charge on any atom is -0.478 e. The number of amides is 2. The number of carbonyl (C=O) groups excluding carboxylic acids is 1. The third-order valence-electron chi connectivity index (χ3n) is 3.77.